The highest BCUT2D eigenvalue weighted by molar-refractivity contribution is 6.14. The van der Waals surface area contributed by atoms with Gasteiger partial charge in [-0.3, -0.25) is 9.79 Å². The lowest BCUT2D eigenvalue weighted by Crippen LogP contribution is -2.25. The van der Waals surface area contributed by atoms with Crippen molar-refractivity contribution in [2.75, 3.05) is 13.1 Å². The number of fused-ring (bicyclic) bond motifs is 1. The van der Waals surface area contributed by atoms with E-state index in [1.807, 2.05) is 26.0 Å². The molecule has 0 atom stereocenters. The molecule has 0 spiro atoms. The Hall–Kier alpha value is -3.98. The lowest BCUT2D eigenvalue weighted by molar-refractivity contribution is 0.0954. The highest BCUT2D eigenvalue weighted by Crippen LogP contribution is 2.23. The van der Waals surface area contributed by atoms with Crippen LogP contribution in [0.4, 0.5) is 0 Å². The first-order chi connectivity index (χ1) is 18.7. The van der Waals surface area contributed by atoms with E-state index < -0.39 is 0 Å². The van der Waals surface area contributed by atoms with E-state index in [9.17, 15) is 4.79 Å². The van der Waals surface area contributed by atoms with E-state index in [0.29, 0.717) is 6.54 Å². The van der Waals surface area contributed by atoms with Crippen LogP contribution in [0.15, 0.2) is 83.9 Å². The van der Waals surface area contributed by atoms with E-state index in [2.05, 4.69) is 99.7 Å². The highest BCUT2D eigenvalue weighted by atomic mass is 16.1. The van der Waals surface area contributed by atoms with Crippen LogP contribution in [0.3, 0.4) is 0 Å². The zero-order chi connectivity index (χ0) is 27.9. The number of carbonyl (C=O) groups is 1. The maximum absolute atomic E-state index is 12.1. The third kappa shape index (κ3) is 7.77. The Bertz CT molecular complexity index is 1450. The predicted molar refractivity (Wildman–Crippen MR) is 164 cm³/mol. The molecule has 1 N–H and O–H groups in total. The minimum absolute atomic E-state index is 0.00362. The molecule has 4 aromatic rings. The summed E-state index contributed by atoms with van der Waals surface area (Å²) in [5.74, 6) is 0.00362. The topological polar surface area (TPSA) is 41.5 Å². The molecule has 5 rings (SSSR count). The fourth-order valence-corrected chi connectivity index (χ4v) is 5.14. The molecular weight excluding hydrogens is 476 g/mol. The molecule has 0 radical (unpaired) electrons. The third-order valence-corrected chi connectivity index (χ3v) is 6.97. The molecule has 0 fully saturated rings. The summed E-state index contributed by atoms with van der Waals surface area (Å²) >= 11 is 0. The summed E-state index contributed by atoms with van der Waals surface area (Å²) in [6.45, 7) is 14.1. The number of amides is 1. The minimum atomic E-state index is 0.00362. The summed E-state index contributed by atoms with van der Waals surface area (Å²) in [7, 11) is 0. The molecular formula is C36H40N2O. The van der Waals surface area contributed by atoms with Crippen molar-refractivity contribution in [3.05, 3.63) is 140 Å². The number of rotatable bonds is 5. The first kappa shape index (κ1) is 28.0. The van der Waals surface area contributed by atoms with Crippen molar-refractivity contribution in [3.63, 3.8) is 0 Å². The molecule has 0 bridgehead atoms. The lowest BCUT2D eigenvalue weighted by atomic mass is 9.91. The van der Waals surface area contributed by atoms with Gasteiger partial charge in [-0.1, -0.05) is 81.9 Å². The van der Waals surface area contributed by atoms with Crippen LogP contribution in [0.2, 0.25) is 0 Å². The van der Waals surface area contributed by atoms with Crippen LogP contribution in [0.5, 0.6) is 0 Å². The molecule has 0 aliphatic carbocycles. The smallest absolute Gasteiger partial charge is 0.251 e. The molecule has 0 unspecified atom stereocenters. The van der Waals surface area contributed by atoms with E-state index in [0.717, 1.165) is 41.8 Å². The van der Waals surface area contributed by atoms with Crippen molar-refractivity contribution in [2.45, 2.75) is 54.4 Å². The monoisotopic (exact) mass is 516 g/mol. The standard InChI is InChI=1S/C18H21NO.C18H19N/c1-13-4-6-16(7-5-13)8-9-19-18(20)17-11-14(2)10-15(3)12-17;1-12-4-5-15-6-7-19-18(17(15)11-12)16-9-13(2)8-14(3)10-16/h4-7,10-12H,8-9H2,1-3H3,(H,19,20);4-5,8-11H,6-7H2,1-3H3. The van der Waals surface area contributed by atoms with Crippen molar-refractivity contribution in [3.8, 4) is 0 Å². The predicted octanol–water partition coefficient (Wildman–Crippen LogP) is 7.59. The summed E-state index contributed by atoms with van der Waals surface area (Å²) in [4.78, 5) is 16.9. The summed E-state index contributed by atoms with van der Waals surface area (Å²) in [5, 5.41) is 2.98. The van der Waals surface area contributed by atoms with Gasteiger partial charge in [-0.05, 0) is 95.8 Å². The Morgan fingerprint density at radius 2 is 1.28 bits per heavy atom. The Morgan fingerprint density at radius 3 is 1.92 bits per heavy atom. The number of hydrogen-bond acceptors (Lipinski definition) is 2. The van der Waals surface area contributed by atoms with Crippen LogP contribution in [0, 0.1) is 41.5 Å². The SMILES string of the molecule is Cc1cc(C)cc(C2=NCCc3ccc(C)cc32)c1.Cc1ccc(CCNC(=O)c2cc(C)cc(C)c2)cc1. The van der Waals surface area contributed by atoms with Gasteiger partial charge in [-0.2, -0.15) is 0 Å². The second kappa shape index (κ2) is 12.7. The van der Waals surface area contributed by atoms with Crippen LogP contribution >= 0.6 is 0 Å². The van der Waals surface area contributed by atoms with Crippen LogP contribution in [-0.4, -0.2) is 24.7 Å². The van der Waals surface area contributed by atoms with Gasteiger partial charge in [0, 0.05) is 29.8 Å². The molecule has 0 saturated carbocycles. The first-order valence-corrected chi connectivity index (χ1v) is 13.8. The number of hydrogen-bond donors (Lipinski definition) is 1. The van der Waals surface area contributed by atoms with Gasteiger partial charge in [0.15, 0.2) is 0 Å². The average Bonchev–Trinajstić information content (AvgIpc) is 2.88. The Morgan fingerprint density at radius 1 is 0.692 bits per heavy atom. The van der Waals surface area contributed by atoms with Gasteiger partial charge in [0.2, 0.25) is 0 Å². The maximum Gasteiger partial charge on any atom is 0.251 e. The van der Waals surface area contributed by atoms with Crippen molar-refractivity contribution >= 4 is 11.6 Å². The zero-order valence-corrected chi connectivity index (χ0v) is 24.2. The second-order valence-electron chi connectivity index (χ2n) is 10.9. The number of nitrogens with one attached hydrogen (secondary N) is 1. The van der Waals surface area contributed by atoms with Gasteiger partial charge in [0.1, 0.15) is 0 Å². The molecule has 0 saturated heterocycles. The summed E-state index contributed by atoms with van der Waals surface area (Å²) < 4.78 is 0. The Labute approximate surface area is 234 Å². The van der Waals surface area contributed by atoms with Crippen molar-refractivity contribution in [2.24, 2.45) is 4.99 Å². The van der Waals surface area contributed by atoms with Crippen molar-refractivity contribution in [1.29, 1.82) is 0 Å². The summed E-state index contributed by atoms with van der Waals surface area (Å²) in [5.41, 5.74) is 14.6. The molecule has 0 aromatic heterocycles. The number of aryl methyl sites for hydroxylation is 6. The van der Waals surface area contributed by atoms with Crippen LogP contribution in [0.1, 0.15) is 66.0 Å². The maximum atomic E-state index is 12.1. The molecule has 39 heavy (non-hydrogen) atoms. The highest BCUT2D eigenvalue weighted by Gasteiger charge is 2.16. The molecule has 3 nitrogen and oxygen atoms in total. The van der Waals surface area contributed by atoms with Crippen molar-refractivity contribution < 1.29 is 4.79 Å². The fourth-order valence-electron chi connectivity index (χ4n) is 5.14. The van der Waals surface area contributed by atoms with E-state index >= 15 is 0 Å². The Balaban J connectivity index is 0.000000181. The molecule has 1 aliphatic heterocycles. The van der Waals surface area contributed by atoms with E-state index in [4.69, 9.17) is 4.99 Å². The van der Waals surface area contributed by atoms with Crippen molar-refractivity contribution in [1.82, 2.24) is 5.32 Å². The third-order valence-electron chi connectivity index (χ3n) is 6.97. The largest absolute Gasteiger partial charge is 0.352 e. The molecule has 1 amide bonds. The summed E-state index contributed by atoms with van der Waals surface area (Å²) in [6.07, 6.45) is 1.92. The number of benzene rings is 4. The van der Waals surface area contributed by atoms with Gasteiger partial charge in [0.25, 0.3) is 5.91 Å². The van der Waals surface area contributed by atoms with Crippen LogP contribution in [0.25, 0.3) is 0 Å². The normalized spacial score (nSPS) is 12.1. The van der Waals surface area contributed by atoms with Gasteiger partial charge in [0.05, 0.1) is 5.71 Å². The second-order valence-corrected chi connectivity index (χ2v) is 10.9. The van der Waals surface area contributed by atoms with Gasteiger partial charge in [-0.25, -0.2) is 0 Å². The number of carbonyl (C=O) groups excluding carboxylic acids is 1. The van der Waals surface area contributed by atoms with Gasteiger partial charge in [-0.15, -0.1) is 0 Å². The van der Waals surface area contributed by atoms with Gasteiger partial charge < -0.3 is 5.32 Å². The van der Waals surface area contributed by atoms with Crippen LogP contribution < -0.4 is 5.32 Å². The first-order valence-electron chi connectivity index (χ1n) is 13.8. The summed E-state index contributed by atoms with van der Waals surface area (Å²) in [6, 6.07) is 27.7. The molecule has 200 valence electrons. The van der Waals surface area contributed by atoms with E-state index in [1.54, 1.807) is 0 Å². The minimum Gasteiger partial charge on any atom is -0.352 e. The average molecular weight is 517 g/mol. The molecule has 1 aliphatic rings. The van der Waals surface area contributed by atoms with E-state index in [-0.39, 0.29) is 5.91 Å². The number of aliphatic imine (C=N–C) groups is 1. The molecule has 3 heteroatoms. The molecule has 1 heterocycles. The Kier molecular flexibility index (Phi) is 9.14. The van der Waals surface area contributed by atoms with E-state index in [1.165, 1.54) is 44.5 Å². The van der Waals surface area contributed by atoms with Gasteiger partial charge >= 0.3 is 0 Å². The number of nitrogens with zero attached hydrogens (tertiary/aromatic N) is 1. The quantitative estimate of drug-likeness (QED) is 0.292. The molecule has 4 aromatic carbocycles. The fraction of sp³-hybridized carbons (Fsp3) is 0.278. The zero-order valence-electron chi connectivity index (χ0n) is 24.2. The van der Waals surface area contributed by atoms with Crippen LogP contribution in [-0.2, 0) is 12.8 Å². The lowest BCUT2D eigenvalue weighted by Gasteiger charge is -2.18.